The molecule has 6 nitrogen and oxygen atoms in total. The first-order chi connectivity index (χ1) is 11.1. The summed E-state index contributed by atoms with van der Waals surface area (Å²) in [5.74, 6) is -2.12. The van der Waals surface area contributed by atoms with Gasteiger partial charge in [-0.2, -0.15) is 0 Å². The lowest BCUT2D eigenvalue weighted by atomic mass is 10.2. The number of methoxy groups -OCH3 is 2. The lowest BCUT2D eigenvalue weighted by Gasteiger charge is -2.15. The van der Waals surface area contributed by atoms with E-state index in [0.29, 0.717) is 3.57 Å². The highest BCUT2D eigenvalue weighted by Gasteiger charge is 2.32. The number of hydrogen-bond acceptors (Lipinski definition) is 6. The summed E-state index contributed by atoms with van der Waals surface area (Å²) in [4.78, 5) is 23.0. The van der Waals surface area contributed by atoms with Crippen molar-refractivity contribution >= 4 is 56.1 Å². The van der Waals surface area contributed by atoms with Gasteiger partial charge in [0.15, 0.2) is 0 Å². The van der Waals surface area contributed by atoms with E-state index in [-0.39, 0.29) is 15.9 Å². The Hall–Kier alpha value is -1.50. The molecule has 0 aromatic heterocycles. The average molecular weight is 524 g/mol. The zero-order chi connectivity index (χ0) is 18.5. The van der Waals surface area contributed by atoms with Gasteiger partial charge in [0.2, 0.25) is 0 Å². The van der Waals surface area contributed by atoms with Crippen molar-refractivity contribution in [2.75, 3.05) is 19.5 Å². The number of carbonyl (C=O) groups excluding carboxylic acids is 2. The van der Waals surface area contributed by atoms with Gasteiger partial charge < -0.3 is 19.5 Å². The Morgan fingerprint density at radius 3 is 2.38 bits per heavy atom. The van der Waals surface area contributed by atoms with Crippen molar-refractivity contribution in [3.8, 4) is 5.75 Å². The molecule has 0 unspecified atom stereocenters. The smallest absolute Gasteiger partial charge is 0.466 e. The van der Waals surface area contributed by atoms with E-state index in [2.05, 4.69) is 35.5 Å². The third-order valence-corrected chi connectivity index (χ3v) is 3.90. The molecule has 0 radical (unpaired) electrons. The summed E-state index contributed by atoms with van der Waals surface area (Å²) in [5, 5.41) is 2.61. The number of rotatable bonds is 5. The molecule has 24 heavy (non-hydrogen) atoms. The van der Waals surface area contributed by atoms with Gasteiger partial charge in [0, 0.05) is 3.57 Å². The van der Waals surface area contributed by atoms with Crippen LogP contribution in [0.2, 0.25) is 0 Å². The Kier molecular flexibility index (Phi) is 7.32. The molecule has 11 heteroatoms. The molecule has 0 bridgehead atoms. The molecule has 0 atom stereocenters. The summed E-state index contributed by atoms with van der Waals surface area (Å²) in [6.07, 6.45) is -3.99. The Morgan fingerprint density at radius 1 is 1.25 bits per heavy atom. The monoisotopic (exact) mass is 523 g/mol. The van der Waals surface area contributed by atoms with E-state index in [1.165, 1.54) is 6.07 Å². The van der Waals surface area contributed by atoms with Gasteiger partial charge in [0.05, 0.1) is 30.5 Å². The SMILES string of the molecule is COC(=O)/C=C(/Nc1cc(Br)c(OC(F)(F)F)cc1I)C(=O)OC. The van der Waals surface area contributed by atoms with Crippen molar-refractivity contribution in [3.05, 3.63) is 31.9 Å². The number of carbonyl (C=O) groups is 2. The zero-order valence-corrected chi connectivity index (χ0v) is 15.9. The Bertz CT molecular complexity index is 678. The van der Waals surface area contributed by atoms with Gasteiger partial charge in [-0.3, -0.25) is 0 Å². The molecule has 0 amide bonds. The third-order valence-electron chi connectivity index (χ3n) is 2.39. The lowest BCUT2D eigenvalue weighted by molar-refractivity contribution is -0.274. The number of anilines is 1. The summed E-state index contributed by atoms with van der Waals surface area (Å²) in [6.45, 7) is 0. The van der Waals surface area contributed by atoms with E-state index in [4.69, 9.17) is 0 Å². The van der Waals surface area contributed by atoms with Crippen molar-refractivity contribution in [1.29, 1.82) is 0 Å². The average Bonchev–Trinajstić information content (AvgIpc) is 2.48. The van der Waals surface area contributed by atoms with Crippen LogP contribution in [-0.2, 0) is 19.1 Å². The van der Waals surface area contributed by atoms with E-state index >= 15 is 0 Å². The highest BCUT2D eigenvalue weighted by molar-refractivity contribution is 14.1. The van der Waals surface area contributed by atoms with Gasteiger partial charge in [-0.15, -0.1) is 13.2 Å². The first kappa shape index (κ1) is 20.5. The fourth-order valence-corrected chi connectivity index (χ4v) is 2.40. The maximum atomic E-state index is 12.3. The number of ether oxygens (including phenoxy) is 3. The largest absolute Gasteiger partial charge is 0.573 e. The molecule has 0 saturated heterocycles. The topological polar surface area (TPSA) is 73.9 Å². The van der Waals surface area contributed by atoms with Crippen LogP contribution in [0.15, 0.2) is 28.4 Å². The number of halogens is 5. The number of esters is 2. The minimum Gasteiger partial charge on any atom is -0.466 e. The van der Waals surface area contributed by atoms with E-state index < -0.39 is 24.1 Å². The second-order valence-corrected chi connectivity index (χ2v) is 6.02. The second-order valence-electron chi connectivity index (χ2n) is 4.01. The van der Waals surface area contributed by atoms with Gasteiger partial charge in [0.25, 0.3) is 0 Å². The van der Waals surface area contributed by atoms with E-state index in [1.807, 2.05) is 0 Å². The first-order valence-electron chi connectivity index (χ1n) is 5.97. The maximum Gasteiger partial charge on any atom is 0.573 e. The molecule has 1 aromatic rings. The van der Waals surface area contributed by atoms with Crippen LogP contribution in [0.3, 0.4) is 0 Å². The van der Waals surface area contributed by atoms with Crippen LogP contribution < -0.4 is 10.1 Å². The third kappa shape index (κ3) is 6.19. The zero-order valence-electron chi connectivity index (χ0n) is 12.2. The molecule has 0 saturated carbocycles. The summed E-state index contributed by atoms with van der Waals surface area (Å²) >= 11 is 4.69. The van der Waals surface area contributed by atoms with Crippen LogP contribution in [0, 0.1) is 3.57 Å². The van der Waals surface area contributed by atoms with Crippen molar-refractivity contribution < 1.29 is 37.0 Å². The predicted molar refractivity (Wildman–Crippen MR) is 89.3 cm³/mol. The molecular weight excluding hydrogens is 514 g/mol. The summed E-state index contributed by atoms with van der Waals surface area (Å²) in [6, 6.07) is 2.37. The molecule has 0 fully saturated rings. The molecule has 0 heterocycles. The molecule has 0 spiro atoms. The normalized spacial score (nSPS) is 11.7. The quantitative estimate of drug-likeness (QED) is 0.361. The second kappa shape index (κ2) is 8.55. The highest BCUT2D eigenvalue weighted by Crippen LogP contribution is 2.36. The van der Waals surface area contributed by atoms with E-state index in [1.54, 1.807) is 22.6 Å². The summed E-state index contributed by atoms with van der Waals surface area (Å²) in [7, 11) is 2.23. The van der Waals surface area contributed by atoms with Crippen LogP contribution in [0.1, 0.15) is 0 Å². The van der Waals surface area contributed by atoms with Gasteiger partial charge in [-0.05, 0) is 50.7 Å². The van der Waals surface area contributed by atoms with Gasteiger partial charge in [-0.25, -0.2) is 9.59 Å². The number of hydrogen-bond donors (Lipinski definition) is 1. The van der Waals surface area contributed by atoms with Gasteiger partial charge in [0.1, 0.15) is 11.4 Å². The molecule has 0 aliphatic rings. The number of nitrogens with one attached hydrogen (secondary N) is 1. The van der Waals surface area contributed by atoms with Crippen LogP contribution in [0.25, 0.3) is 0 Å². The molecule has 0 aliphatic carbocycles. The van der Waals surface area contributed by atoms with Crippen LogP contribution in [-0.4, -0.2) is 32.5 Å². The lowest BCUT2D eigenvalue weighted by Crippen LogP contribution is -2.18. The van der Waals surface area contributed by atoms with Crippen LogP contribution in [0.4, 0.5) is 18.9 Å². The Labute approximate surface area is 156 Å². The minimum atomic E-state index is -4.84. The fourth-order valence-electron chi connectivity index (χ4n) is 1.41. The van der Waals surface area contributed by atoms with Crippen LogP contribution >= 0.6 is 38.5 Å². The van der Waals surface area contributed by atoms with Crippen molar-refractivity contribution in [1.82, 2.24) is 0 Å². The van der Waals surface area contributed by atoms with Crippen molar-refractivity contribution in [2.45, 2.75) is 6.36 Å². The van der Waals surface area contributed by atoms with Gasteiger partial charge in [-0.1, -0.05) is 0 Å². The standard InChI is InChI=1S/C13H10BrF3INO5/c1-22-11(20)5-9(12(21)23-2)19-8-3-6(14)10(4-7(8)18)24-13(15,16)17/h3-5,19H,1-2H3/b9-5+. The Balaban J connectivity index is 3.17. The molecule has 1 aromatic carbocycles. The number of alkyl halides is 3. The molecule has 132 valence electrons. The highest BCUT2D eigenvalue weighted by atomic mass is 127. The number of benzene rings is 1. The van der Waals surface area contributed by atoms with E-state index in [0.717, 1.165) is 26.4 Å². The molecule has 1 N–H and O–H groups in total. The molecular formula is C13H10BrF3INO5. The Morgan fingerprint density at radius 2 is 1.88 bits per heavy atom. The van der Waals surface area contributed by atoms with Gasteiger partial charge >= 0.3 is 18.3 Å². The van der Waals surface area contributed by atoms with Crippen molar-refractivity contribution in [3.63, 3.8) is 0 Å². The van der Waals surface area contributed by atoms with E-state index in [9.17, 15) is 22.8 Å². The van der Waals surface area contributed by atoms with Crippen LogP contribution in [0.5, 0.6) is 5.75 Å². The first-order valence-corrected chi connectivity index (χ1v) is 7.84. The van der Waals surface area contributed by atoms with Crippen molar-refractivity contribution in [2.24, 2.45) is 0 Å². The summed E-state index contributed by atoms with van der Waals surface area (Å²) < 4.78 is 50.0. The summed E-state index contributed by atoms with van der Waals surface area (Å²) in [5.41, 5.74) is -0.00351. The molecule has 1 rings (SSSR count). The minimum absolute atomic E-state index is 0.00924. The predicted octanol–water partition coefficient (Wildman–Crippen LogP) is 3.59. The maximum absolute atomic E-state index is 12.3. The molecule has 0 aliphatic heterocycles. The fraction of sp³-hybridized carbons (Fsp3) is 0.231.